The minimum atomic E-state index is -3.68. The lowest BCUT2D eigenvalue weighted by molar-refractivity contribution is -0.117. The number of sulfonamides is 1. The van der Waals surface area contributed by atoms with Crippen LogP contribution in [0.3, 0.4) is 0 Å². The van der Waals surface area contributed by atoms with Crippen LogP contribution in [0.5, 0.6) is 11.5 Å². The van der Waals surface area contributed by atoms with Crippen molar-refractivity contribution in [3.8, 4) is 11.5 Å². The molecule has 7 nitrogen and oxygen atoms in total. The van der Waals surface area contributed by atoms with Gasteiger partial charge in [-0.1, -0.05) is 18.2 Å². The molecule has 2 N–H and O–H groups in total. The van der Waals surface area contributed by atoms with Crippen molar-refractivity contribution >= 4 is 22.0 Å². The Labute approximate surface area is 178 Å². The summed E-state index contributed by atoms with van der Waals surface area (Å²) in [5.74, 6) is 0.804. The van der Waals surface area contributed by atoms with Crippen LogP contribution in [0.4, 0.5) is 0 Å². The molecule has 0 aliphatic carbocycles. The van der Waals surface area contributed by atoms with Crippen LogP contribution in [0.25, 0.3) is 6.08 Å². The van der Waals surface area contributed by atoms with Crippen molar-refractivity contribution in [2.45, 2.75) is 30.7 Å². The van der Waals surface area contributed by atoms with E-state index in [0.717, 1.165) is 18.6 Å². The van der Waals surface area contributed by atoms with Crippen molar-refractivity contribution in [3.63, 3.8) is 0 Å². The van der Waals surface area contributed by atoms with Gasteiger partial charge in [-0.05, 0) is 68.3 Å². The van der Waals surface area contributed by atoms with Gasteiger partial charge in [0.05, 0.1) is 14.2 Å². The van der Waals surface area contributed by atoms with Gasteiger partial charge in [0.2, 0.25) is 15.9 Å². The smallest absolute Gasteiger partial charge is 0.244 e. The van der Waals surface area contributed by atoms with Crippen molar-refractivity contribution in [3.05, 3.63) is 59.7 Å². The highest BCUT2D eigenvalue weighted by atomic mass is 32.2. The Morgan fingerprint density at radius 1 is 1.10 bits per heavy atom. The van der Waals surface area contributed by atoms with E-state index in [1.807, 2.05) is 31.2 Å². The van der Waals surface area contributed by atoms with Crippen molar-refractivity contribution < 1.29 is 22.7 Å². The van der Waals surface area contributed by atoms with E-state index in [9.17, 15) is 13.2 Å². The summed E-state index contributed by atoms with van der Waals surface area (Å²) < 4.78 is 36.8. The zero-order chi connectivity index (χ0) is 22.1. The fourth-order valence-corrected chi connectivity index (χ4v) is 3.75. The van der Waals surface area contributed by atoms with Gasteiger partial charge in [-0.3, -0.25) is 4.79 Å². The van der Waals surface area contributed by atoms with Crippen LogP contribution < -0.4 is 19.5 Å². The topological polar surface area (TPSA) is 93.7 Å². The van der Waals surface area contributed by atoms with E-state index in [1.54, 1.807) is 25.3 Å². The van der Waals surface area contributed by atoms with E-state index in [4.69, 9.17) is 9.47 Å². The lowest BCUT2D eigenvalue weighted by atomic mass is 10.1. The first-order chi connectivity index (χ1) is 14.3. The summed E-state index contributed by atoms with van der Waals surface area (Å²) in [6.45, 7) is 1.94. The molecule has 0 saturated carbocycles. The van der Waals surface area contributed by atoms with Gasteiger partial charge in [-0.2, -0.15) is 0 Å². The summed E-state index contributed by atoms with van der Waals surface area (Å²) in [5, 5.41) is 2.92. The van der Waals surface area contributed by atoms with E-state index in [1.165, 1.54) is 31.9 Å². The lowest BCUT2D eigenvalue weighted by Gasteiger charge is -2.13. The fraction of sp³-hybridized carbons (Fsp3) is 0.318. The third kappa shape index (κ3) is 6.60. The molecule has 30 heavy (non-hydrogen) atoms. The van der Waals surface area contributed by atoms with Crippen molar-refractivity contribution in [1.29, 1.82) is 0 Å². The highest BCUT2D eigenvalue weighted by Crippen LogP contribution is 2.25. The molecule has 0 spiro atoms. The third-order valence-electron chi connectivity index (χ3n) is 4.59. The predicted octanol–water partition coefficient (Wildman–Crippen LogP) is 2.76. The van der Waals surface area contributed by atoms with Gasteiger partial charge in [-0.25, -0.2) is 13.1 Å². The molecule has 2 aromatic rings. The van der Waals surface area contributed by atoms with Crippen molar-refractivity contribution in [2.24, 2.45) is 0 Å². The van der Waals surface area contributed by atoms with Gasteiger partial charge < -0.3 is 14.8 Å². The Bertz CT molecular complexity index is 985. The number of rotatable bonds is 10. The highest BCUT2D eigenvalue weighted by molar-refractivity contribution is 7.89. The average Bonchev–Trinajstić information content (AvgIpc) is 2.76. The predicted molar refractivity (Wildman–Crippen MR) is 117 cm³/mol. The summed E-state index contributed by atoms with van der Waals surface area (Å²) in [4.78, 5) is 12.2. The molecule has 0 aliphatic rings. The number of nitrogens with one attached hydrogen (secondary N) is 2. The summed E-state index contributed by atoms with van der Waals surface area (Å²) in [6, 6.07) is 12.5. The molecule has 162 valence electrons. The number of ether oxygens (including phenoxy) is 2. The minimum Gasteiger partial charge on any atom is -0.497 e. The summed E-state index contributed by atoms with van der Waals surface area (Å²) in [5.41, 5.74) is 1.75. The molecule has 0 fully saturated rings. The lowest BCUT2D eigenvalue weighted by Crippen LogP contribution is -2.31. The number of carbonyl (C=O) groups is 1. The maximum absolute atomic E-state index is 12.2. The van der Waals surface area contributed by atoms with Crippen LogP contribution in [0, 0.1) is 0 Å². The molecular formula is C22H28N2O5S. The third-order valence-corrected chi connectivity index (χ3v) is 6.02. The molecular weight excluding hydrogens is 404 g/mol. The Balaban J connectivity index is 1.95. The Morgan fingerprint density at radius 3 is 2.40 bits per heavy atom. The molecule has 0 saturated heterocycles. The number of methoxy groups -OCH3 is 2. The summed E-state index contributed by atoms with van der Waals surface area (Å²) in [6.07, 6.45) is 4.58. The zero-order valence-corrected chi connectivity index (χ0v) is 18.5. The van der Waals surface area contributed by atoms with Gasteiger partial charge in [0.25, 0.3) is 0 Å². The molecule has 1 unspecified atom stereocenters. The molecule has 2 rings (SSSR count). The Morgan fingerprint density at radius 2 is 1.80 bits per heavy atom. The van der Waals surface area contributed by atoms with E-state index >= 15 is 0 Å². The van der Waals surface area contributed by atoms with E-state index in [0.29, 0.717) is 5.56 Å². The normalized spacial score (nSPS) is 12.5. The van der Waals surface area contributed by atoms with Gasteiger partial charge >= 0.3 is 0 Å². The second-order valence-electron chi connectivity index (χ2n) is 6.75. The average molecular weight is 433 g/mol. The van der Waals surface area contributed by atoms with Gasteiger partial charge in [0, 0.05) is 12.1 Å². The molecule has 1 atom stereocenters. The van der Waals surface area contributed by atoms with E-state index < -0.39 is 10.0 Å². The summed E-state index contributed by atoms with van der Waals surface area (Å²) >= 11 is 0. The highest BCUT2D eigenvalue weighted by Gasteiger charge is 2.17. The van der Waals surface area contributed by atoms with Crippen LogP contribution in [0.2, 0.25) is 0 Å². The Kier molecular flexibility index (Phi) is 8.44. The number of amides is 1. The molecule has 2 aromatic carbocycles. The van der Waals surface area contributed by atoms with Crippen LogP contribution in [-0.2, 0) is 21.2 Å². The van der Waals surface area contributed by atoms with Crippen molar-refractivity contribution in [1.82, 2.24) is 10.0 Å². The molecule has 0 aliphatic heterocycles. The van der Waals surface area contributed by atoms with Crippen LogP contribution >= 0.6 is 0 Å². The van der Waals surface area contributed by atoms with Crippen LogP contribution in [0.1, 0.15) is 24.5 Å². The molecule has 0 heterocycles. The number of hydrogen-bond donors (Lipinski definition) is 2. The standard InChI is InChI=1S/C22H28N2O5S/c1-16(5-6-17-7-11-19(28-3)12-8-17)24-22(25)14-10-18-9-13-20(29-4)21(15-18)30(26,27)23-2/h7-16,23H,5-6H2,1-4H3,(H,24,25)/b14-10+. The second-order valence-corrected chi connectivity index (χ2v) is 8.60. The van der Waals surface area contributed by atoms with Crippen LogP contribution in [-0.4, -0.2) is 41.6 Å². The monoisotopic (exact) mass is 432 g/mol. The maximum atomic E-state index is 12.2. The van der Waals surface area contributed by atoms with Crippen molar-refractivity contribution in [2.75, 3.05) is 21.3 Å². The van der Waals surface area contributed by atoms with Gasteiger partial charge in [0.15, 0.2) is 0 Å². The second kappa shape index (κ2) is 10.8. The van der Waals surface area contributed by atoms with Gasteiger partial charge in [-0.15, -0.1) is 0 Å². The quantitative estimate of drug-likeness (QED) is 0.563. The number of aryl methyl sites for hydroxylation is 1. The molecule has 8 heteroatoms. The molecule has 1 amide bonds. The van der Waals surface area contributed by atoms with Crippen LogP contribution in [0.15, 0.2) is 53.4 Å². The first-order valence-electron chi connectivity index (χ1n) is 9.52. The number of benzene rings is 2. The summed E-state index contributed by atoms with van der Waals surface area (Å²) in [7, 11) is 0.689. The number of carbonyl (C=O) groups excluding carboxylic acids is 1. The first kappa shape index (κ1) is 23.4. The SMILES string of the molecule is CNS(=O)(=O)c1cc(/C=C/C(=O)NC(C)CCc2ccc(OC)cc2)ccc1OC. The van der Waals surface area contributed by atoms with E-state index in [2.05, 4.69) is 10.0 Å². The Hall–Kier alpha value is -2.84. The number of hydrogen-bond acceptors (Lipinski definition) is 5. The molecule has 0 aromatic heterocycles. The maximum Gasteiger partial charge on any atom is 0.244 e. The largest absolute Gasteiger partial charge is 0.497 e. The fourth-order valence-electron chi connectivity index (χ4n) is 2.83. The van der Waals surface area contributed by atoms with Gasteiger partial charge in [0.1, 0.15) is 16.4 Å². The first-order valence-corrected chi connectivity index (χ1v) is 11.0. The molecule has 0 radical (unpaired) electrons. The van der Waals surface area contributed by atoms with E-state index in [-0.39, 0.29) is 22.6 Å². The minimum absolute atomic E-state index is 0.0136. The molecule has 0 bridgehead atoms. The zero-order valence-electron chi connectivity index (χ0n) is 17.6.